The van der Waals surface area contributed by atoms with E-state index < -0.39 is 0 Å². The fraction of sp³-hybridized carbons (Fsp3) is 0.188. The van der Waals surface area contributed by atoms with Crippen molar-refractivity contribution < 1.29 is 0 Å². The van der Waals surface area contributed by atoms with Gasteiger partial charge in [0.05, 0.1) is 16.7 Å². The molecule has 0 saturated heterocycles. The third kappa shape index (κ3) is 2.14. The first-order valence-electron chi connectivity index (χ1n) is 6.87. The van der Waals surface area contributed by atoms with Crippen molar-refractivity contribution >= 4 is 44.3 Å². The molecule has 5 heteroatoms. The standard InChI is InChI=1S/C16H13BrClN3/c17-12-3-1-2-11(15(12)19)16-20-13-7-4-9(18)8-14(13)21(16)10-5-6-10/h1-4,7-8,10H,5-6,19H2. The number of fused-ring (bicyclic) bond motifs is 1. The molecular weight excluding hydrogens is 350 g/mol. The van der Waals surface area contributed by atoms with E-state index >= 15 is 0 Å². The predicted octanol–water partition coefficient (Wildman–Crippen LogP) is 5.04. The number of para-hydroxylation sites is 1. The first-order chi connectivity index (χ1) is 10.1. The maximum absolute atomic E-state index is 6.23. The molecule has 3 nitrogen and oxygen atoms in total. The van der Waals surface area contributed by atoms with Crippen molar-refractivity contribution in [3.8, 4) is 11.4 Å². The molecule has 4 rings (SSSR count). The summed E-state index contributed by atoms with van der Waals surface area (Å²) in [4.78, 5) is 4.79. The number of imidazole rings is 1. The fourth-order valence-corrected chi connectivity index (χ4v) is 3.22. The van der Waals surface area contributed by atoms with Crippen molar-refractivity contribution in [1.82, 2.24) is 9.55 Å². The predicted molar refractivity (Wildman–Crippen MR) is 90.6 cm³/mol. The molecule has 1 aromatic heterocycles. The summed E-state index contributed by atoms with van der Waals surface area (Å²) in [5.74, 6) is 0.925. The molecule has 2 aromatic carbocycles. The van der Waals surface area contributed by atoms with Crippen LogP contribution in [0.25, 0.3) is 22.4 Å². The van der Waals surface area contributed by atoms with Gasteiger partial charge in [-0.1, -0.05) is 17.7 Å². The molecule has 1 aliphatic carbocycles. The minimum absolute atomic E-state index is 0.502. The topological polar surface area (TPSA) is 43.8 Å². The third-order valence-electron chi connectivity index (χ3n) is 3.86. The van der Waals surface area contributed by atoms with Gasteiger partial charge in [-0.2, -0.15) is 0 Å². The van der Waals surface area contributed by atoms with Crippen LogP contribution in [0.3, 0.4) is 0 Å². The molecule has 2 N–H and O–H groups in total. The molecule has 1 fully saturated rings. The number of hydrogen-bond acceptors (Lipinski definition) is 2. The average Bonchev–Trinajstić information content (AvgIpc) is 3.23. The molecule has 106 valence electrons. The van der Waals surface area contributed by atoms with Crippen molar-refractivity contribution in [3.63, 3.8) is 0 Å². The van der Waals surface area contributed by atoms with Crippen LogP contribution in [0.4, 0.5) is 5.69 Å². The quantitative estimate of drug-likeness (QED) is 0.649. The Hall–Kier alpha value is -1.52. The average molecular weight is 363 g/mol. The van der Waals surface area contributed by atoms with Crippen LogP contribution in [0.5, 0.6) is 0 Å². The number of hydrogen-bond donors (Lipinski definition) is 1. The number of halogens is 2. The Morgan fingerprint density at radius 2 is 2.05 bits per heavy atom. The Bertz CT molecular complexity index is 852. The largest absolute Gasteiger partial charge is 0.397 e. The van der Waals surface area contributed by atoms with Crippen LogP contribution in [0.1, 0.15) is 18.9 Å². The van der Waals surface area contributed by atoms with Crippen molar-refractivity contribution in [3.05, 3.63) is 45.9 Å². The number of anilines is 1. The number of nitrogens with two attached hydrogens (primary N) is 1. The number of rotatable bonds is 2. The van der Waals surface area contributed by atoms with Crippen molar-refractivity contribution in [1.29, 1.82) is 0 Å². The maximum atomic E-state index is 6.23. The Balaban J connectivity index is 2.04. The monoisotopic (exact) mass is 361 g/mol. The fourth-order valence-electron chi connectivity index (χ4n) is 2.69. The molecule has 21 heavy (non-hydrogen) atoms. The Labute approximate surface area is 135 Å². The summed E-state index contributed by atoms with van der Waals surface area (Å²) in [6.45, 7) is 0. The highest BCUT2D eigenvalue weighted by Crippen LogP contribution is 2.43. The van der Waals surface area contributed by atoms with E-state index in [1.165, 1.54) is 12.8 Å². The number of aromatic nitrogens is 2. The van der Waals surface area contributed by atoms with Gasteiger partial charge in [-0.15, -0.1) is 0 Å². The third-order valence-corrected chi connectivity index (χ3v) is 4.78. The highest BCUT2D eigenvalue weighted by atomic mass is 79.9. The lowest BCUT2D eigenvalue weighted by atomic mass is 10.1. The van der Waals surface area contributed by atoms with E-state index in [9.17, 15) is 0 Å². The maximum Gasteiger partial charge on any atom is 0.143 e. The second-order valence-electron chi connectivity index (χ2n) is 5.37. The SMILES string of the molecule is Nc1c(Br)cccc1-c1nc2ccc(Cl)cc2n1C1CC1. The van der Waals surface area contributed by atoms with E-state index in [1.54, 1.807) is 0 Å². The summed E-state index contributed by atoms with van der Waals surface area (Å²) >= 11 is 9.65. The molecule has 0 unspecified atom stereocenters. The van der Waals surface area contributed by atoms with Crippen molar-refractivity contribution in [2.24, 2.45) is 0 Å². The summed E-state index contributed by atoms with van der Waals surface area (Å²) in [6.07, 6.45) is 2.36. The molecular formula is C16H13BrClN3. The zero-order valence-corrected chi connectivity index (χ0v) is 13.5. The van der Waals surface area contributed by atoms with E-state index in [1.807, 2.05) is 36.4 Å². The van der Waals surface area contributed by atoms with Gasteiger partial charge in [-0.05, 0) is 59.1 Å². The summed E-state index contributed by atoms with van der Waals surface area (Å²) in [5, 5.41) is 0.734. The van der Waals surface area contributed by atoms with E-state index in [0.717, 1.165) is 37.6 Å². The number of nitrogen functional groups attached to an aromatic ring is 1. The van der Waals surface area contributed by atoms with Gasteiger partial charge < -0.3 is 10.3 Å². The summed E-state index contributed by atoms with van der Waals surface area (Å²) in [6, 6.07) is 12.3. The highest BCUT2D eigenvalue weighted by Gasteiger charge is 2.29. The van der Waals surface area contributed by atoms with Gasteiger partial charge in [0.2, 0.25) is 0 Å². The molecule has 1 heterocycles. The smallest absolute Gasteiger partial charge is 0.143 e. The lowest BCUT2D eigenvalue weighted by molar-refractivity contribution is 0.775. The molecule has 0 aliphatic heterocycles. The van der Waals surface area contributed by atoms with Gasteiger partial charge >= 0.3 is 0 Å². The van der Waals surface area contributed by atoms with Gasteiger partial charge in [0.25, 0.3) is 0 Å². The van der Waals surface area contributed by atoms with Gasteiger partial charge in [0.15, 0.2) is 0 Å². The molecule has 1 saturated carbocycles. The van der Waals surface area contributed by atoms with Crippen LogP contribution in [0, 0.1) is 0 Å². The molecule has 0 amide bonds. The Kier molecular flexibility index (Phi) is 2.98. The van der Waals surface area contributed by atoms with Crippen LogP contribution in [-0.2, 0) is 0 Å². The number of nitrogens with zero attached hydrogens (tertiary/aromatic N) is 2. The lowest BCUT2D eigenvalue weighted by Gasteiger charge is -2.10. The van der Waals surface area contributed by atoms with Gasteiger partial charge in [0.1, 0.15) is 5.82 Å². The van der Waals surface area contributed by atoms with Crippen LogP contribution in [0.15, 0.2) is 40.9 Å². The summed E-state index contributed by atoms with van der Waals surface area (Å²) in [7, 11) is 0. The van der Waals surface area contributed by atoms with Crippen molar-refractivity contribution in [2.45, 2.75) is 18.9 Å². The normalized spacial score (nSPS) is 14.8. The molecule has 0 bridgehead atoms. The first-order valence-corrected chi connectivity index (χ1v) is 8.04. The van der Waals surface area contributed by atoms with E-state index in [0.29, 0.717) is 6.04 Å². The van der Waals surface area contributed by atoms with Crippen LogP contribution in [-0.4, -0.2) is 9.55 Å². The van der Waals surface area contributed by atoms with Crippen molar-refractivity contribution in [2.75, 3.05) is 5.73 Å². The molecule has 3 aromatic rings. The highest BCUT2D eigenvalue weighted by molar-refractivity contribution is 9.10. The lowest BCUT2D eigenvalue weighted by Crippen LogP contribution is -2.00. The summed E-state index contributed by atoms with van der Waals surface area (Å²) in [5.41, 5.74) is 9.96. The van der Waals surface area contributed by atoms with E-state index in [4.69, 9.17) is 22.3 Å². The zero-order chi connectivity index (χ0) is 14.6. The Morgan fingerprint density at radius 3 is 2.81 bits per heavy atom. The minimum Gasteiger partial charge on any atom is -0.397 e. The molecule has 1 aliphatic rings. The first kappa shape index (κ1) is 13.2. The van der Waals surface area contributed by atoms with Crippen LogP contribution >= 0.6 is 27.5 Å². The van der Waals surface area contributed by atoms with Crippen LogP contribution in [0.2, 0.25) is 5.02 Å². The molecule has 0 spiro atoms. The molecule has 0 atom stereocenters. The van der Waals surface area contributed by atoms with E-state index in [-0.39, 0.29) is 0 Å². The number of benzene rings is 2. The van der Waals surface area contributed by atoms with Gasteiger partial charge in [-0.3, -0.25) is 0 Å². The Morgan fingerprint density at radius 1 is 1.24 bits per heavy atom. The van der Waals surface area contributed by atoms with Gasteiger partial charge in [-0.25, -0.2) is 4.98 Å². The second-order valence-corrected chi connectivity index (χ2v) is 6.66. The minimum atomic E-state index is 0.502. The van der Waals surface area contributed by atoms with Crippen LogP contribution < -0.4 is 5.73 Å². The summed E-state index contributed by atoms with van der Waals surface area (Å²) < 4.78 is 3.17. The second kappa shape index (κ2) is 4.75. The molecule has 0 radical (unpaired) electrons. The zero-order valence-electron chi connectivity index (χ0n) is 11.2. The van der Waals surface area contributed by atoms with Gasteiger partial charge in [0, 0.05) is 21.1 Å². The van der Waals surface area contributed by atoms with E-state index in [2.05, 4.69) is 20.5 Å².